The van der Waals surface area contributed by atoms with Crippen LogP contribution in [0.4, 0.5) is 8.78 Å². The number of nitrogen functional groups attached to an aromatic ring is 1. The van der Waals surface area contributed by atoms with E-state index in [9.17, 15) is 8.78 Å². The van der Waals surface area contributed by atoms with Gasteiger partial charge in [-0.1, -0.05) is 35.0 Å². The molecule has 0 aliphatic heterocycles. The molecule has 0 spiro atoms. The second kappa shape index (κ2) is 6.96. The molecule has 0 unspecified atom stereocenters. The Morgan fingerprint density at radius 1 is 1.25 bits per heavy atom. The lowest BCUT2D eigenvalue weighted by Gasteiger charge is -2.07. The van der Waals surface area contributed by atoms with E-state index in [1.165, 1.54) is 17.1 Å². The minimum atomic E-state index is -2.65. The Balaban J connectivity index is 1.81. The molecule has 0 saturated heterocycles. The van der Waals surface area contributed by atoms with Gasteiger partial charge in [0.1, 0.15) is 5.82 Å². The Bertz CT molecular complexity index is 866. The molecule has 2 heterocycles. The second-order valence-electron chi connectivity index (χ2n) is 4.62. The highest BCUT2D eigenvalue weighted by atomic mass is 35.5. The first kappa shape index (κ1) is 17.0. The molecule has 3 rings (SSSR count). The van der Waals surface area contributed by atoms with Crippen molar-refractivity contribution >= 4 is 35.0 Å². The van der Waals surface area contributed by atoms with Crippen LogP contribution in [0.25, 0.3) is 11.4 Å². The fourth-order valence-corrected chi connectivity index (χ4v) is 3.29. The number of hydrogen-bond acceptors (Lipinski definition) is 5. The van der Waals surface area contributed by atoms with Gasteiger partial charge < -0.3 is 5.84 Å². The fraction of sp³-hybridized carbons (Fsp3) is 0.154. The van der Waals surface area contributed by atoms with Gasteiger partial charge in [0.05, 0.1) is 10.8 Å². The molecular formula is C13H10Cl2F2N6S. The Kier molecular flexibility index (Phi) is 4.93. The monoisotopic (exact) mass is 390 g/mol. The second-order valence-corrected chi connectivity index (χ2v) is 6.40. The summed E-state index contributed by atoms with van der Waals surface area (Å²) in [6.07, 6.45) is 2.53. The van der Waals surface area contributed by atoms with E-state index in [0.29, 0.717) is 26.6 Å². The summed E-state index contributed by atoms with van der Waals surface area (Å²) in [5.74, 6) is 6.71. The van der Waals surface area contributed by atoms with Gasteiger partial charge >= 0.3 is 6.55 Å². The number of rotatable bonds is 5. The number of aromatic nitrogens is 5. The van der Waals surface area contributed by atoms with Gasteiger partial charge in [0.15, 0.2) is 5.82 Å². The van der Waals surface area contributed by atoms with Gasteiger partial charge in [-0.25, -0.2) is 9.66 Å². The van der Waals surface area contributed by atoms with Crippen molar-refractivity contribution in [3.63, 3.8) is 0 Å². The molecule has 0 fully saturated rings. The van der Waals surface area contributed by atoms with E-state index in [2.05, 4.69) is 15.2 Å². The Morgan fingerprint density at radius 3 is 2.75 bits per heavy atom. The number of halogens is 4. The van der Waals surface area contributed by atoms with Crippen molar-refractivity contribution in [1.82, 2.24) is 24.4 Å². The van der Waals surface area contributed by atoms with Crippen LogP contribution in [0.2, 0.25) is 10.0 Å². The maximum atomic E-state index is 12.8. The van der Waals surface area contributed by atoms with Crippen LogP contribution in [-0.4, -0.2) is 24.4 Å². The Morgan fingerprint density at radius 2 is 2.04 bits per heavy atom. The number of nitrogens with two attached hydrogens (primary N) is 1. The average molecular weight is 391 g/mol. The van der Waals surface area contributed by atoms with Crippen molar-refractivity contribution in [2.24, 2.45) is 0 Å². The highest BCUT2D eigenvalue weighted by Crippen LogP contribution is 2.31. The maximum Gasteiger partial charge on any atom is 0.319 e. The van der Waals surface area contributed by atoms with Gasteiger partial charge in [0, 0.05) is 23.0 Å². The molecule has 0 saturated carbocycles. The third kappa shape index (κ3) is 3.33. The molecule has 0 aliphatic rings. The zero-order valence-corrected chi connectivity index (χ0v) is 14.2. The van der Waals surface area contributed by atoms with Crippen molar-refractivity contribution < 1.29 is 8.78 Å². The quantitative estimate of drug-likeness (QED) is 0.528. The van der Waals surface area contributed by atoms with Crippen LogP contribution in [-0.2, 0) is 5.75 Å². The molecule has 0 bridgehead atoms. The molecule has 3 aromatic rings. The summed E-state index contributed by atoms with van der Waals surface area (Å²) >= 11 is 13.1. The summed E-state index contributed by atoms with van der Waals surface area (Å²) in [6, 6.07) is 4.90. The van der Waals surface area contributed by atoms with E-state index >= 15 is 0 Å². The number of imidazole rings is 1. The van der Waals surface area contributed by atoms with E-state index in [4.69, 9.17) is 29.0 Å². The van der Waals surface area contributed by atoms with Gasteiger partial charge in [0.25, 0.3) is 0 Å². The zero-order valence-electron chi connectivity index (χ0n) is 11.9. The van der Waals surface area contributed by atoms with E-state index < -0.39 is 6.55 Å². The lowest BCUT2D eigenvalue weighted by atomic mass is 10.2. The third-order valence-corrected chi connectivity index (χ3v) is 4.61. The molecule has 24 heavy (non-hydrogen) atoms. The lowest BCUT2D eigenvalue weighted by Crippen LogP contribution is -2.12. The Labute approximate surface area is 149 Å². The number of benzene rings is 1. The van der Waals surface area contributed by atoms with Crippen LogP contribution >= 0.6 is 35.0 Å². The molecule has 0 amide bonds. The van der Waals surface area contributed by atoms with E-state index in [0.717, 1.165) is 16.3 Å². The van der Waals surface area contributed by atoms with Crippen molar-refractivity contribution in [2.45, 2.75) is 17.5 Å². The van der Waals surface area contributed by atoms with Crippen LogP contribution in [0.3, 0.4) is 0 Å². The predicted molar refractivity (Wildman–Crippen MR) is 88.7 cm³/mol. The smallest absolute Gasteiger partial charge is 0.319 e. The molecule has 11 heteroatoms. The van der Waals surface area contributed by atoms with E-state index in [-0.39, 0.29) is 11.6 Å². The molecular weight excluding hydrogens is 381 g/mol. The summed E-state index contributed by atoms with van der Waals surface area (Å²) in [5, 5.41) is 9.18. The molecule has 2 aromatic heterocycles. The van der Waals surface area contributed by atoms with Crippen LogP contribution in [0.15, 0.2) is 35.7 Å². The van der Waals surface area contributed by atoms with Crippen LogP contribution < -0.4 is 5.84 Å². The van der Waals surface area contributed by atoms with Crippen molar-refractivity contribution in [3.8, 4) is 11.4 Å². The highest BCUT2D eigenvalue weighted by Gasteiger charge is 2.17. The van der Waals surface area contributed by atoms with Crippen LogP contribution in [0, 0.1) is 0 Å². The first-order valence-corrected chi connectivity index (χ1v) is 8.30. The number of nitrogens with zero attached hydrogens (tertiary/aromatic N) is 5. The number of thioether (sulfide) groups is 1. The van der Waals surface area contributed by atoms with Crippen molar-refractivity contribution in [3.05, 3.63) is 46.5 Å². The Hall–Kier alpha value is -1.84. The van der Waals surface area contributed by atoms with E-state index in [1.54, 1.807) is 18.2 Å². The first-order chi connectivity index (χ1) is 11.5. The van der Waals surface area contributed by atoms with Crippen molar-refractivity contribution in [1.29, 1.82) is 0 Å². The number of hydrogen-bond donors (Lipinski definition) is 1. The predicted octanol–water partition coefficient (Wildman–Crippen LogP) is 3.85. The van der Waals surface area contributed by atoms with Gasteiger partial charge in [-0.15, -0.1) is 10.2 Å². The summed E-state index contributed by atoms with van der Waals surface area (Å²) in [4.78, 5) is 3.90. The molecule has 0 atom stereocenters. The van der Waals surface area contributed by atoms with Crippen molar-refractivity contribution in [2.75, 3.05) is 5.84 Å². The van der Waals surface area contributed by atoms with Gasteiger partial charge in [-0.05, 0) is 18.2 Å². The lowest BCUT2D eigenvalue weighted by molar-refractivity contribution is 0.0678. The largest absolute Gasteiger partial charge is 0.335 e. The highest BCUT2D eigenvalue weighted by molar-refractivity contribution is 7.98. The molecule has 2 N–H and O–H groups in total. The molecule has 126 valence electrons. The van der Waals surface area contributed by atoms with Gasteiger partial charge in [-0.3, -0.25) is 4.57 Å². The minimum absolute atomic E-state index is 0.168. The molecule has 0 aliphatic carbocycles. The number of alkyl halides is 2. The van der Waals surface area contributed by atoms with E-state index in [1.807, 2.05) is 0 Å². The summed E-state index contributed by atoms with van der Waals surface area (Å²) in [5.41, 5.74) is 0.567. The average Bonchev–Trinajstić information content (AvgIpc) is 3.13. The maximum absolute atomic E-state index is 12.8. The van der Waals surface area contributed by atoms with Gasteiger partial charge in [-0.2, -0.15) is 8.78 Å². The summed E-state index contributed by atoms with van der Waals surface area (Å²) in [7, 11) is 0. The SMILES string of the molecule is Nn1c(SCc2nccn2C(F)F)nnc1-c1ccc(Cl)cc1Cl. The van der Waals surface area contributed by atoms with Crippen LogP contribution in [0.5, 0.6) is 0 Å². The van der Waals surface area contributed by atoms with Crippen LogP contribution in [0.1, 0.15) is 12.4 Å². The minimum Gasteiger partial charge on any atom is -0.335 e. The molecule has 6 nitrogen and oxygen atoms in total. The topological polar surface area (TPSA) is 74.6 Å². The fourth-order valence-electron chi connectivity index (χ4n) is 1.99. The third-order valence-electron chi connectivity index (χ3n) is 3.13. The summed E-state index contributed by atoms with van der Waals surface area (Å²) in [6.45, 7) is -2.65. The molecule has 1 aromatic carbocycles. The standard InChI is InChI=1S/C13H10Cl2F2N6S/c14-7-1-2-8(9(15)5-7)11-20-21-13(23(11)18)24-6-10-19-3-4-22(10)12(16)17/h1-5,12H,6,18H2. The normalized spacial score (nSPS) is 11.4. The molecule has 0 radical (unpaired) electrons. The zero-order chi connectivity index (χ0) is 17.3. The van der Waals surface area contributed by atoms with Gasteiger partial charge in [0.2, 0.25) is 5.16 Å². The summed E-state index contributed by atoms with van der Waals surface area (Å²) < 4.78 is 27.6. The first-order valence-electron chi connectivity index (χ1n) is 6.56.